The van der Waals surface area contributed by atoms with Crippen molar-refractivity contribution in [3.63, 3.8) is 0 Å². The molecule has 0 unspecified atom stereocenters. The average molecular weight is 577 g/mol. The summed E-state index contributed by atoms with van der Waals surface area (Å²) in [6.45, 7) is 15.4. The molecule has 2 amide bonds. The Morgan fingerprint density at radius 1 is 1.10 bits per heavy atom. The van der Waals surface area contributed by atoms with Crippen molar-refractivity contribution < 1.29 is 14.3 Å². The van der Waals surface area contributed by atoms with E-state index in [1.807, 2.05) is 13.0 Å². The Balaban J connectivity index is 1.28. The number of piperazine rings is 1. The normalized spacial score (nSPS) is 20.5. The van der Waals surface area contributed by atoms with Crippen LogP contribution in [0.5, 0.6) is 5.88 Å². The van der Waals surface area contributed by atoms with Gasteiger partial charge in [0, 0.05) is 69.7 Å². The first kappa shape index (κ1) is 29.8. The molecule has 3 aliphatic rings. The molecule has 42 heavy (non-hydrogen) atoms. The molecule has 11 heteroatoms. The third-order valence-corrected chi connectivity index (χ3v) is 8.73. The van der Waals surface area contributed by atoms with E-state index in [9.17, 15) is 9.59 Å². The Morgan fingerprint density at radius 2 is 1.83 bits per heavy atom. The zero-order chi connectivity index (χ0) is 29.8. The number of amides is 2. The lowest BCUT2D eigenvalue weighted by Gasteiger charge is -2.43. The fourth-order valence-electron chi connectivity index (χ4n) is 6.23. The third-order valence-electron chi connectivity index (χ3n) is 8.73. The van der Waals surface area contributed by atoms with Gasteiger partial charge >= 0.3 is 0 Å². The van der Waals surface area contributed by atoms with Crippen LogP contribution >= 0.6 is 0 Å². The molecule has 4 heterocycles. The van der Waals surface area contributed by atoms with E-state index in [2.05, 4.69) is 62.7 Å². The number of rotatable bonds is 9. The standard InChI is InChI=1S/C31H44N8O3/c1-5-25-31(42-24-11-14-39(20-24)27(40)6-2)35-30(28(34-25)29(32)41)33-22-7-8-26(21(3)19-22)38-12-9-23(10-13-38)37-17-15-36(4)16-18-37/h6-8,19,23-24H,2,5,9-18,20H2,1,3-4H3,(H2,32,41)(H,33,35)/t24-/m1/s1. The SMILES string of the molecule is C=CC(=O)N1CC[C@@H](Oc2nc(Nc3ccc(N4CCC(N5CCN(C)CC5)CC4)c(C)c3)c(C(N)=O)nc2CC)C1. The summed E-state index contributed by atoms with van der Waals surface area (Å²) in [6, 6.07) is 6.87. The number of nitrogens with two attached hydrogens (primary N) is 1. The number of carbonyl (C=O) groups excluding carboxylic acids is 2. The number of benzene rings is 1. The number of nitrogens with zero attached hydrogens (tertiary/aromatic N) is 6. The Morgan fingerprint density at radius 3 is 2.48 bits per heavy atom. The second kappa shape index (κ2) is 13.1. The predicted octanol–water partition coefficient (Wildman–Crippen LogP) is 2.57. The molecule has 0 spiro atoms. The first-order valence-corrected chi connectivity index (χ1v) is 15.1. The molecular formula is C31H44N8O3. The summed E-state index contributed by atoms with van der Waals surface area (Å²) in [6.07, 6.45) is 4.64. The van der Waals surface area contributed by atoms with E-state index in [0.717, 1.165) is 50.5 Å². The lowest BCUT2D eigenvalue weighted by Crippen LogP contribution is -2.52. The molecule has 2 aromatic rings. The highest BCUT2D eigenvalue weighted by molar-refractivity contribution is 5.96. The topological polar surface area (TPSA) is 120 Å². The van der Waals surface area contributed by atoms with Crippen molar-refractivity contribution >= 4 is 29.0 Å². The maximum absolute atomic E-state index is 12.3. The molecule has 1 aromatic heterocycles. The second-order valence-electron chi connectivity index (χ2n) is 11.6. The Hall–Kier alpha value is -3.70. The number of aromatic nitrogens is 2. The largest absolute Gasteiger partial charge is 0.471 e. The van der Waals surface area contributed by atoms with Crippen molar-refractivity contribution in [1.29, 1.82) is 0 Å². The van der Waals surface area contributed by atoms with Crippen LogP contribution in [0.4, 0.5) is 17.2 Å². The van der Waals surface area contributed by atoms with Crippen molar-refractivity contribution in [2.24, 2.45) is 5.73 Å². The van der Waals surface area contributed by atoms with Crippen LogP contribution in [0, 0.1) is 6.92 Å². The van der Waals surface area contributed by atoms with E-state index in [-0.39, 0.29) is 23.5 Å². The van der Waals surface area contributed by atoms with Gasteiger partial charge in [-0.05, 0) is 63.1 Å². The summed E-state index contributed by atoms with van der Waals surface area (Å²) in [5.74, 6) is -0.176. The minimum absolute atomic E-state index is 0.0711. The van der Waals surface area contributed by atoms with Gasteiger partial charge in [0.05, 0.1) is 6.54 Å². The van der Waals surface area contributed by atoms with Crippen molar-refractivity contribution in [3.8, 4) is 5.88 Å². The molecule has 0 aliphatic carbocycles. The molecule has 5 rings (SSSR count). The van der Waals surface area contributed by atoms with Crippen LogP contribution in [0.15, 0.2) is 30.9 Å². The van der Waals surface area contributed by atoms with E-state index < -0.39 is 5.91 Å². The first-order valence-electron chi connectivity index (χ1n) is 15.1. The van der Waals surface area contributed by atoms with E-state index in [4.69, 9.17) is 10.5 Å². The van der Waals surface area contributed by atoms with Crippen LogP contribution in [-0.2, 0) is 11.2 Å². The molecule has 1 aromatic carbocycles. The van der Waals surface area contributed by atoms with Crippen LogP contribution in [-0.4, -0.2) is 108 Å². The van der Waals surface area contributed by atoms with Gasteiger partial charge in [-0.1, -0.05) is 13.5 Å². The molecule has 0 saturated carbocycles. The summed E-state index contributed by atoms with van der Waals surface area (Å²) in [5.41, 5.74) is 9.49. The summed E-state index contributed by atoms with van der Waals surface area (Å²) < 4.78 is 6.21. The van der Waals surface area contributed by atoms with Crippen LogP contribution in [0.25, 0.3) is 0 Å². The molecular weight excluding hydrogens is 532 g/mol. The van der Waals surface area contributed by atoms with E-state index in [0.29, 0.717) is 43.5 Å². The highest BCUT2D eigenvalue weighted by Crippen LogP contribution is 2.31. The molecule has 3 saturated heterocycles. The smallest absolute Gasteiger partial charge is 0.271 e. The number of carbonyl (C=O) groups is 2. The summed E-state index contributed by atoms with van der Waals surface area (Å²) in [5, 5.41) is 3.27. The maximum atomic E-state index is 12.3. The van der Waals surface area contributed by atoms with Gasteiger partial charge in [0.1, 0.15) is 11.8 Å². The number of anilines is 3. The number of primary amides is 1. The molecule has 1 atom stereocenters. The summed E-state index contributed by atoms with van der Waals surface area (Å²) >= 11 is 0. The Labute approximate surface area is 248 Å². The number of ether oxygens (including phenoxy) is 1. The van der Waals surface area contributed by atoms with Gasteiger partial charge in [0.15, 0.2) is 11.5 Å². The number of nitrogens with one attached hydrogen (secondary N) is 1. The van der Waals surface area contributed by atoms with Crippen LogP contribution in [0.3, 0.4) is 0 Å². The van der Waals surface area contributed by atoms with E-state index >= 15 is 0 Å². The fourth-order valence-corrected chi connectivity index (χ4v) is 6.23. The highest BCUT2D eigenvalue weighted by Gasteiger charge is 2.29. The first-order chi connectivity index (χ1) is 20.2. The van der Waals surface area contributed by atoms with Crippen LogP contribution < -0.4 is 20.7 Å². The Bertz CT molecular complexity index is 1300. The molecule has 3 N–H and O–H groups in total. The zero-order valence-corrected chi connectivity index (χ0v) is 25.1. The van der Waals surface area contributed by atoms with Crippen molar-refractivity contribution in [2.75, 3.05) is 69.6 Å². The number of likely N-dealkylation sites (N-methyl/N-ethyl adjacent to an activating group) is 1. The number of piperidine rings is 1. The zero-order valence-electron chi connectivity index (χ0n) is 25.1. The maximum Gasteiger partial charge on any atom is 0.271 e. The summed E-state index contributed by atoms with van der Waals surface area (Å²) in [7, 11) is 2.20. The van der Waals surface area contributed by atoms with Gasteiger partial charge in [0.2, 0.25) is 11.8 Å². The molecule has 11 nitrogen and oxygen atoms in total. The lowest BCUT2D eigenvalue weighted by molar-refractivity contribution is -0.125. The Kier molecular flexibility index (Phi) is 9.27. The van der Waals surface area contributed by atoms with Gasteiger partial charge in [-0.2, -0.15) is 4.98 Å². The summed E-state index contributed by atoms with van der Waals surface area (Å²) in [4.78, 5) is 42.8. The van der Waals surface area contributed by atoms with Gasteiger partial charge in [-0.25, -0.2) is 4.98 Å². The highest BCUT2D eigenvalue weighted by atomic mass is 16.5. The molecule has 3 aliphatic heterocycles. The van der Waals surface area contributed by atoms with Crippen LogP contribution in [0.2, 0.25) is 0 Å². The minimum Gasteiger partial charge on any atom is -0.471 e. The average Bonchev–Trinajstić information content (AvgIpc) is 3.46. The quantitative estimate of drug-likeness (QED) is 0.434. The molecule has 3 fully saturated rings. The van der Waals surface area contributed by atoms with Crippen molar-refractivity contribution in [1.82, 2.24) is 24.7 Å². The molecule has 226 valence electrons. The third kappa shape index (κ3) is 6.68. The van der Waals surface area contributed by atoms with Crippen molar-refractivity contribution in [2.45, 2.75) is 51.7 Å². The van der Waals surface area contributed by atoms with E-state index in [1.54, 1.807) is 4.90 Å². The van der Waals surface area contributed by atoms with Gasteiger partial charge in [-0.3, -0.25) is 14.5 Å². The van der Waals surface area contributed by atoms with Crippen molar-refractivity contribution in [3.05, 3.63) is 47.8 Å². The van der Waals surface area contributed by atoms with Gasteiger partial charge in [0.25, 0.3) is 5.91 Å². The number of hydrogen-bond acceptors (Lipinski definition) is 9. The predicted molar refractivity (Wildman–Crippen MR) is 165 cm³/mol. The monoisotopic (exact) mass is 576 g/mol. The second-order valence-corrected chi connectivity index (χ2v) is 11.6. The van der Waals surface area contributed by atoms with Gasteiger partial charge < -0.3 is 30.5 Å². The fraction of sp³-hybridized carbons (Fsp3) is 0.548. The molecule has 0 bridgehead atoms. The van der Waals surface area contributed by atoms with E-state index in [1.165, 1.54) is 24.6 Å². The number of likely N-dealkylation sites (tertiary alicyclic amines) is 1. The molecule has 0 radical (unpaired) electrons. The lowest BCUT2D eigenvalue weighted by atomic mass is 10.0. The number of hydrogen-bond donors (Lipinski definition) is 2. The minimum atomic E-state index is -0.661. The van der Waals surface area contributed by atoms with Gasteiger partial charge in [-0.15, -0.1) is 0 Å². The van der Waals surface area contributed by atoms with Crippen LogP contribution in [0.1, 0.15) is 47.9 Å². The number of aryl methyl sites for hydroxylation is 2.